The number of nitrogens with zero attached hydrogens (tertiary/aromatic N) is 1. The lowest BCUT2D eigenvalue weighted by molar-refractivity contribution is -0.134. The van der Waals surface area contributed by atoms with Gasteiger partial charge < -0.3 is 5.73 Å². The number of nitrogens with two attached hydrogens (primary N) is 1. The second-order valence-corrected chi connectivity index (χ2v) is 7.01. The normalized spacial score (nSPS) is 16.6. The van der Waals surface area contributed by atoms with Crippen LogP contribution in [0.15, 0.2) is 23.1 Å². The van der Waals surface area contributed by atoms with E-state index in [4.69, 9.17) is 29.6 Å². The molecule has 21 heavy (non-hydrogen) atoms. The smallest absolute Gasteiger partial charge is 0.245 e. The van der Waals surface area contributed by atoms with E-state index in [0.29, 0.717) is 5.56 Å². The van der Waals surface area contributed by atoms with Crippen molar-refractivity contribution in [1.82, 2.24) is 9.62 Å². The van der Waals surface area contributed by atoms with E-state index in [2.05, 4.69) is 0 Å². The van der Waals surface area contributed by atoms with Crippen molar-refractivity contribution in [2.75, 3.05) is 13.1 Å². The van der Waals surface area contributed by atoms with Gasteiger partial charge in [-0.15, -0.1) is 0 Å². The summed E-state index contributed by atoms with van der Waals surface area (Å²) < 4.78 is 25.6. The Morgan fingerprint density at radius 1 is 1.29 bits per heavy atom. The number of halogens is 1. The molecule has 1 saturated heterocycles. The summed E-state index contributed by atoms with van der Waals surface area (Å²) in [4.78, 5) is 22.4. The molecular formula is C11H10ClN3O4S2. The number of rotatable bonds is 3. The Morgan fingerprint density at radius 3 is 2.33 bits per heavy atom. The minimum atomic E-state index is -4.07. The van der Waals surface area contributed by atoms with Crippen molar-refractivity contribution in [3.63, 3.8) is 0 Å². The van der Waals surface area contributed by atoms with Gasteiger partial charge in [0.15, 0.2) is 0 Å². The molecule has 3 N–H and O–H groups in total. The summed E-state index contributed by atoms with van der Waals surface area (Å²) in [6.07, 6.45) is 0. The van der Waals surface area contributed by atoms with Gasteiger partial charge in [-0.2, -0.15) is 4.31 Å². The number of nitrogens with one attached hydrogen (secondary N) is 1. The van der Waals surface area contributed by atoms with E-state index in [9.17, 15) is 18.0 Å². The fourth-order valence-electron chi connectivity index (χ4n) is 1.78. The molecule has 0 aliphatic carbocycles. The predicted molar refractivity (Wildman–Crippen MR) is 79.2 cm³/mol. The summed E-state index contributed by atoms with van der Waals surface area (Å²) in [5.74, 6) is -1.38. The predicted octanol–water partition coefficient (Wildman–Crippen LogP) is -0.379. The quantitative estimate of drug-likeness (QED) is 0.570. The van der Waals surface area contributed by atoms with E-state index >= 15 is 0 Å². The monoisotopic (exact) mass is 347 g/mol. The molecule has 1 fully saturated rings. The van der Waals surface area contributed by atoms with Crippen molar-refractivity contribution in [2.24, 2.45) is 5.73 Å². The van der Waals surface area contributed by atoms with Crippen LogP contribution in [-0.4, -0.2) is 42.6 Å². The summed E-state index contributed by atoms with van der Waals surface area (Å²) in [6.45, 7) is -0.886. The van der Waals surface area contributed by atoms with E-state index in [1.165, 1.54) is 18.2 Å². The number of hydrogen-bond acceptors (Lipinski definition) is 5. The highest BCUT2D eigenvalue weighted by Gasteiger charge is 2.34. The standard InChI is InChI=1S/C11H10ClN3O4S2/c12-7-3-6(11(13)20)1-2-8(7)21(18,19)15-4-9(16)14-10(17)5-15/h1-3H,4-5H2,(H2,13,20)(H,14,16,17). The number of piperazine rings is 1. The van der Waals surface area contributed by atoms with Crippen molar-refractivity contribution in [3.05, 3.63) is 28.8 Å². The van der Waals surface area contributed by atoms with Crippen LogP contribution in [0.25, 0.3) is 0 Å². The summed E-state index contributed by atoms with van der Waals surface area (Å²) in [5, 5.41) is 1.94. The zero-order chi connectivity index (χ0) is 15.8. The Hall–Kier alpha value is -1.55. The zero-order valence-electron chi connectivity index (χ0n) is 10.5. The maximum atomic E-state index is 12.4. The highest BCUT2D eigenvalue weighted by molar-refractivity contribution is 7.89. The van der Waals surface area contributed by atoms with Gasteiger partial charge in [-0.3, -0.25) is 14.9 Å². The van der Waals surface area contributed by atoms with Crippen LogP contribution >= 0.6 is 23.8 Å². The fraction of sp³-hybridized carbons (Fsp3) is 0.182. The van der Waals surface area contributed by atoms with Crippen molar-refractivity contribution < 1.29 is 18.0 Å². The zero-order valence-corrected chi connectivity index (χ0v) is 12.9. The lowest BCUT2D eigenvalue weighted by Gasteiger charge is -2.25. The third-order valence-corrected chi connectivity index (χ3v) is 5.26. The van der Waals surface area contributed by atoms with Crippen molar-refractivity contribution in [2.45, 2.75) is 4.90 Å². The molecule has 2 rings (SSSR count). The van der Waals surface area contributed by atoms with Gasteiger partial charge in [-0.1, -0.05) is 29.9 Å². The first-order valence-corrected chi connectivity index (χ1v) is 7.86. The first-order chi connectivity index (χ1) is 9.71. The molecule has 0 aromatic heterocycles. The molecule has 1 aliphatic rings. The van der Waals surface area contributed by atoms with Gasteiger partial charge >= 0.3 is 0 Å². The average molecular weight is 348 g/mol. The Balaban J connectivity index is 2.42. The third-order valence-electron chi connectivity index (χ3n) is 2.75. The molecule has 2 amide bonds. The molecule has 1 aliphatic heterocycles. The van der Waals surface area contributed by atoms with Crippen LogP contribution in [0, 0.1) is 0 Å². The molecule has 0 spiro atoms. The molecule has 7 nitrogen and oxygen atoms in total. The average Bonchev–Trinajstić information content (AvgIpc) is 2.36. The van der Waals surface area contributed by atoms with Gasteiger partial charge in [-0.25, -0.2) is 8.42 Å². The fourth-order valence-corrected chi connectivity index (χ4v) is 3.78. The van der Waals surface area contributed by atoms with E-state index in [0.717, 1.165) is 4.31 Å². The molecule has 10 heteroatoms. The number of sulfonamides is 1. The lowest BCUT2D eigenvalue weighted by atomic mass is 10.2. The molecule has 0 atom stereocenters. The van der Waals surface area contributed by atoms with Gasteiger partial charge in [-0.05, 0) is 12.1 Å². The minimum absolute atomic E-state index is 0.0772. The minimum Gasteiger partial charge on any atom is -0.389 e. The second kappa shape index (κ2) is 5.68. The first kappa shape index (κ1) is 15.8. The molecule has 0 bridgehead atoms. The van der Waals surface area contributed by atoms with Gasteiger partial charge in [0.05, 0.1) is 18.1 Å². The summed E-state index contributed by atoms with van der Waals surface area (Å²) in [7, 11) is -4.07. The molecule has 0 saturated carbocycles. The second-order valence-electron chi connectivity index (χ2n) is 4.25. The van der Waals surface area contributed by atoms with Crippen LogP contribution in [-0.2, 0) is 19.6 Å². The van der Waals surface area contributed by atoms with E-state index in [1.807, 2.05) is 5.32 Å². The number of hydrogen-bond donors (Lipinski definition) is 2. The molecule has 0 unspecified atom stereocenters. The van der Waals surface area contributed by atoms with Crippen molar-refractivity contribution in [3.8, 4) is 0 Å². The number of carbonyl (C=O) groups excluding carboxylic acids is 2. The van der Waals surface area contributed by atoms with Gasteiger partial charge in [0.25, 0.3) is 0 Å². The van der Waals surface area contributed by atoms with Gasteiger partial charge in [0.1, 0.15) is 9.88 Å². The van der Waals surface area contributed by atoms with Crippen LogP contribution in [0.5, 0.6) is 0 Å². The SMILES string of the molecule is NC(=S)c1ccc(S(=O)(=O)N2CC(=O)NC(=O)C2)c(Cl)c1. The Bertz CT molecular complexity index is 732. The Labute approximate surface area is 131 Å². The number of imide groups is 1. The number of carbonyl (C=O) groups is 2. The van der Waals surface area contributed by atoms with Gasteiger partial charge in [0, 0.05) is 5.56 Å². The highest BCUT2D eigenvalue weighted by atomic mass is 35.5. The highest BCUT2D eigenvalue weighted by Crippen LogP contribution is 2.26. The number of benzene rings is 1. The number of thiocarbonyl (C=S) groups is 1. The Morgan fingerprint density at radius 2 is 1.86 bits per heavy atom. The maximum absolute atomic E-state index is 12.4. The molecular weight excluding hydrogens is 338 g/mol. The van der Waals surface area contributed by atoms with E-state index in [1.54, 1.807) is 0 Å². The largest absolute Gasteiger partial charge is 0.389 e. The molecule has 1 heterocycles. The van der Waals surface area contributed by atoms with Crippen LogP contribution in [0.1, 0.15) is 5.56 Å². The van der Waals surface area contributed by atoms with Gasteiger partial charge in [0.2, 0.25) is 21.8 Å². The van der Waals surface area contributed by atoms with Crippen LogP contribution < -0.4 is 11.1 Å². The van der Waals surface area contributed by atoms with Crippen molar-refractivity contribution in [1.29, 1.82) is 0 Å². The number of amides is 2. The van der Waals surface area contributed by atoms with Crippen LogP contribution in [0.4, 0.5) is 0 Å². The van der Waals surface area contributed by atoms with Crippen molar-refractivity contribution >= 4 is 50.6 Å². The first-order valence-electron chi connectivity index (χ1n) is 5.64. The topological polar surface area (TPSA) is 110 Å². The van der Waals surface area contributed by atoms with Crippen LogP contribution in [0.3, 0.4) is 0 Å². The van der Waals surface area contributed by atoms with E-state index in [-0.39, 0.29) is 14.9 Å². The molecule has 112 valence electrons. The molecule has 1 aromatic rings. The summed E-state index contributed by atoms with van der Waals surface area (Å²) in [6, 6.07) is 3.97. The van der Waals surface area contributed by atoms with Crippen LogP contribution in [0.2, 0.25) is 5.02 Å². The third kappa shape index (κ3) is 3.21. The summed E-state index contributed by atoms with van der Waals surface area (Å²) in [5.41, 5.74) is 5.85. The Kier molecular flexibility index (Phi) is 4.28. The van der Waals surface area contributed by atoms with E-state index < -0.39 is 34.9 Å². The lowest BCUT2D eigenvalue weighted by Crippen LogP contribution is -2.53. The maximum Gasteiger partial charge on any atom is 0.245 e. The molecule has 1 aromatic carbocycles. The molecule has 0 radical (unpaired) electrons. The summed E-state index contributed by atoms with van der Waals surface area (Å²) >= 11 is 10.7.